The lowest BCUT2D eigenvalue weighted by Gasteiger charge is -2.10. The first-order chi connectivity index (χ1) is 6.61. The molecule has 0 radical (unpaired) electrons. The van der Waals surface area contributed by atoms with Gasteiger partial charge < -0.3 is 10.4 Å². The van der Waals surface area contributed by atoms with Crippen LogP contribution in [0.15, 0.2) is 0 Å². The highest BCUT2D eigenvalue weighted by Crippen LogP contribution is 2.20. The summed E-state index contributed by atoms with van der Waals surface area (Å²) in [5, 5.41) is 16.5. The summed E-state index contributed by atoms with van der Waals surface area (Å²) in [5.74, 6) is 0. The molecule has 1 heterocycles. The van der Waals surface area contributed by atoms with E-state index in [1.807, 2.05) is 25.6 Å². The molecular weight excluding hydrogens is 178 g/mol. The minimum Gasteiger partial charge on any atom is -0.394 e. The van der Waals surface area contributed by atoms with Crippen LogP contribution in [0.1, 0.15) is 29.9 Å². The fraction of sp³-hybridized carbons (Fsp3) is 0.700. The van der Waals surface area contributed by atoms with Crippen molar-refractivity contribution < 1.29 is 5.11 Å². The standard InChI is InChI=1S/C10H19N3O/c1-7(11-4)10-8(2)12-13(5-6-14)9(10)3/h7,11,14H,5-6H2,1-4H3. The molecule has 0 saturated carbocycles. The molecule has 0 aliphatic carbocycles. The molecule has 0 aromatic carbocycles. The molecule has 0 fully saturated rings. The molecule has 1 aromatic rings. The molecule has 0 amide bonds. The quantitative estimate of drug-likeness (QED) is 0.749. The summed E-state index contributed by atoms with van der Waals surface area (Å²) in [6.07, 6.45) is 0. The number of aromatic nitrogens is 2. The van der Waals surface area contributed by atoms with E-state index >= 15 is 0 Å². The van der Waals surface area contributed by atoms with E-state index in [9.17, 15) is 0 Å². The van der Waals surface area contributed by atoms with Gasteiger partial charge in [0.2, 0.25) is 0 Å². The normalized spacial score (nSPS) is 13.2. The molecule has 1 rings (SSSR count). The van der Waals surface area contributed by atoms with Crippen LogP contribution in [0.4, 0.5) is 0 Å². The lowest BCUT2D eigenvalue weighted by atomic mass is 10.1. The summed E-state index contributed by atoms with van der Waals surface area (Å²) < 4.78 is 1.86. The summed E-state index contributed by atoms with van der Waals surface area (Å²) in [6, 6.07) is 0.308. The third kappa shape index (κ3) is 1.96. The first-order valence-corrected chi connectivity index (χ1v) is 4.93. The van der Waals surface area contributed by atoms with E-state index in [1.54, 1.807) is 0 Å². The monoisotopic (exact) mass is 197 g/mol. The van der Waals surface area contributed by atoms with Crippen LogP contribution in [0.3, 0.4) is 0 Å². The van der Waals surface area contributed by atoms with Gasteiger partial charge in [0.05, 0.1) is 18.8 Å². The van der Waals surface area contributed by atoms with Crippen molar-refractivity contribution in [1.29, 1.82) is 0 Å². The van der Waals surface area contributed by atoms with Crippen molar-refractivity contribution in [3.05, 3.63) is 17.0 Å². The second-order valence-electron chi connectivity index (χ2n) is 3.54. The van der Waals surface area contributed by atoms with Crippen molar-refractivity contribution in [1.82, 2.24) is 15.1 Å². The summed E-state index contributed by atoms with van der Waals surface area (Å²) in [6.45, 7) is 6.86. The van der Waals surface area contributed by atoms with Gasteiger partial charge in [0.25, 0.3) is 0 Å². The number of hydrogen-bond donors (Lipinski definition) is 2. The minimum atomic E-state index is 0.134. The summed E-state index contributed by atoms with van der Waals surface area (Å²) in [7, 11) is 1.94. The van der Waals surface area contributed by atoms with Crippen molar-refractivity contribution in [3.8, 4) is 0 Å². The predicted molar refractivity (Wildman–Crippen MR) is 56.3 cm³/mol. The van der Waals surface area contributed by atoms with Gasteiger partial charge >= 0.3 is 0 Å². The maximum absolute atomic E-state index is 8.86. The van der Waals surface area contributed by atoms with E-state index in [-0.39, 0.29) is 6.61 Å². The van der Waals surface area contributed by atoms with Crippen LogP contribution in [-0.2, 0) is 6.54 Å². The molecule has 0 aliphatic rings. The van der Waals surface area contributed by atoms with Gasteiger partial charge in [-0.3, -0.25) is 4.68 Å². The molecule has 4 nitrogen and oxygen atoms in total. The van der Waals surface area contributed by atoms with Gasteiger partial charge in [-0.15, -0.1) is 0 Å². The van der Waals surface area contributed by atoms with Crippen LogP contribution < -0.4 is 5.32 Å². The van der Waals surface area contributed by atoms with E-state index in [0.717, 1.165) is 11.4 Å². The Labute approximate surface area is 84.9 Å². The molecule has 1 unspecified atom stereocenters. The maximum Gasteiger partial charge on any atom is 0.0644 e. The number of aliphatic hydroxyl groups excluding tert-OH is 1. The highest BCUT2D eigenvalue weighted by molar-refractivity contribution is 5.27. The van der Waals surface area contributed by atoms with Crippen molar-refractivity contribution in [2.24, 2.45) is 0 Å². The lowest BCUT2D eigenvalue weighted by molar-refractivity contribution is 0.267. The zero-order chi connectivity index (χ0) is 10.7. The number of aliphatic hydroxyl groups is 1. The number of nitrogens with one attached hydrogen (secondary N) is 1. The topological polar surface area (TPSA) is 50.1 Å². The molecule has 0 saturated heterocycles. The Bertz CT molecular complexity index is 307. The van der Waals surface area contributed by atoms with Crippen molar-refractivity contribution >= 4 is 0 Å². The van der Waals surface area contributed by atoms with E-state index < -0.39 is 0 Å². The van der Waals surface area contributed by atoms with Gasteiger partial charge in [-0.2, -0.15) is 5.10 Å². The molecule has 1 aromatic heterocycles. The van der Waals surface area contributed by atoms with E-state index in [1.165, 1.54) is 5.56 Å². The number of aryl methyl sites for hydroxylation is 1. The smallest absolute Gasteiger partial charge is 0.0644 e. The van der Waals surface area contributed by atoms with Crippen LogP contribution in [-0.4, -0.2) is 28.5 Å². The predicted octanol–water partition coefficient (Wildman–Crippen LogP) is 0.773. The van der Waals surface area contributed by atoms with Crippen LogP contribution in [0.25, 0.3) is 0 Å². The Kier molecular flexibility index (Phi) is 3.66. The van der Waals surface area contributed by atoms with Gasteiger partial charge in [-0.25, -0.2) is 0 Å². The van der Waals surface area contributed by atoms with Gasteiger partial charge in [0.1, 0.15) is 0 Å². The third-order valence-electron chi connectivity index (χ3n) is 2.62. The first-order valence-electron chi connectivity index (χ1n) is 4.93. The number of nitrogens with zero attached hydrogens (tertiary/aromatic N) is 2. The van der Waals surface area contributed by atoms with E-state index in [2.05, 4.69) is 17.3 Å². The third-order valence-corrected chi connectivity index (χ3v) is 2.62. The average Bonchev–Trinajstić information content (AvgIpc) is 2.42. The van der Waals surface area contributed by atoms with Gasteiger partial charge in [0, 0.05) is 17.3 Å². The summed E-state index contributed by atoms with van der Waals surface area (Å²) in [5.41, 5.74) is 3.41. The molecule has 4 heteroatoms. The van der Waals surface area contributed by atoms with E-state index in [0.29, 0.717) is 12.6 Å². The van der Waals surface area contributed by atoms with E-state index in [4.69, 9.17) is 5.11 Å². The molecule has 2 N–H and O–H groups in total. The summed E-state index contributed by atoms with van der Waals surface area (Å²) >= 11 is 0. The average molecular weight is 197 g/mol. The molecule has 14 heavy (non-hydrogen) atoms. The highest BCUT2D eigenvalue weighted by Gasteiger charge is 2.15. The molecule has 80 valence electrons. The maximum atomic E-state index is 8.86. The Morgan fingerprint density at radius 1 is 1.50 bits per heavy atom. The fourth-order valence-corrected chi connectivity index (χ4v) is 1.79. The van der Waals surface area contributed by atoms with Gasteiger partial charge in [-0.05, 0) is 27.8 Å². The summed E-state index contributed by atoms with van der Waals surface area (Å²) in [4.78, 5) is 0. The molecule has 0 bridgehead atoms. The Hall–Kier alpha value is -0.870. The van der Waals surface area contributed by atoms with Crippen molar-refractivity contribution in [2.45, 2.75) is 33.4 Å². The second-order valence-corrected chi connectivity index (χ2v) is 3.54. The van der Waals surface area contributed by atoms with Gasteiger partial charge in [0.15, 0.2) is 0 Å². The Morgan fingerprint density at radius 3 is 2.64 bits per heavy atom. The first kappa shape index (κ1) is 11.2. The largest absolute Gasteiger partial charge is 0.394 e. The molecule has 0 spiro atoms. The van der Waals surface area contributed by atoms with Crippen molar-refractivity contribution in [3.63, 3.8) is 0 Å². The number of rotatable bonds is 4. The van der Waals surface area contributed by atoms with Crippen LogP contribution >= 0.6 is 0 Å². The SMILES string of the molecule is CNC(C)c1c(C)nn(CCO)c1C. The zero-order valence-electron chi connectivity index (χ0n) is 9.33. The van der Waals surface area contributed by atoms with Crippen LogP contribution in [0, 0.1) is 13.8 Å². The lowest BCUT2D eigenvalue weighted by Crippen LogP contribution is -2.14. The van der Waals surface area contributed by atoms with Crippen LogP contribution in [0.2, 0.25) is 0 Å². The Balaban J connectivity index is 3.04. The van der Waals surface area contributed by atoms with Crippen LogP contribution in [0.5, 0.6) is 0 Å². The molecule has 0 aliphatic heterocycles. The number of hydrogen-bond acceptors (Lipinski definition) is 3. The Morgan fingerprint density at radius 2 is 2.14 bits per heavy atom. The molecule has 1 atom stereocenters. The highest BCUT2D eigenvalue weighted by atomic mass is 16.3. The van der Waals surface area contributed by atoms with Crippen molar-refractivity contribution in [2.75, 3.05) is 13.7 Å². The fourth-order valence-electron chi connectivity index (χ4n) is 1.79. The second kappa shape index (κ2) is 4.57. The van der Waals surface area contributed by atoms with Gasteiger partial charge in [-0.1, -0.05) is 0 Å². The minimum absolute atomic E-state index is 0.134. The zero-order valence-corrected chi connectivity index (χ0v) is 9.33. The molecular formula is C10H19N3O.